The summed E-state index contributed by atoms with van der Waals surface area (Å²) in [6.45, 7) is 1.19. The minimum absolute atomic E-state index is 0.225. The summed E-state index contributed by atoms with van der Waals surface area (Å²) >= 11 is 0. The molecule has 3 nitrogen and oxygen atoms in total. The van der Waals surface area contributed by atoms with Gasteiger partial charge in [-0.2, -0.15) is 18.3 Å². The molecular formula is C5H3F3N2O. The summed E-state index contributed by atoms with van der Waals surface area (Å²) in [7, 11) is 0. The Hall–Kier alpha value is -1.20. The quantitative estimate of drug-likeness (QED) is 0.525. The summed E-state index contributed by atoms with van der Waals surface area (Å²) in [4.78, 5) is 10.6. The van der Waals surface area contributed by atoms with Crippen LogP contribution in [0.1, 0.15) is 6.92 Å². The van der Waals surface area contributed by atoms with Gasteiger partial charge in [0.1, 0.15) is 5.71 Å². The number of alkyl halides is 3. The van der Waals surface area contributed by atoms with E-state index >= 15 is 0 Å². The first-order chi connectivity index (χ1) is 4.93. The zero-order valence-electron chi connectivity index (χ0n) is 5.44. The Balaban J connectivity index is 2.92. The molecule has 11 heavy (non-hydrogen) atoms. The maximum atomic E-state index is 11.8. The van der Waals surface area contributed by atoms with Crippen LogP contribution in [0.3, 0.4) is 0 Å². The molecule has 0 saturated carbocycles. The predicted octanol–water partition coefficient (Wildman–Crippen LogP) is 0.948. The topological polar surface area (TPSA) is 41.8 Å². The highest BCUT2D eigenvalue weighted by molar-refractivity contribution is 6.68. The molecule has 0 aromatic carbocycles. The van der Waals surface area contributed by atoms with E-state index in [1.165, 1.54) is 6.92 Å². The molecule has 0 radical (unpaired) electrons. The van der Waals surface area contributed by atoms with Gasteiger partial charge in [-0.3, -0.25) is 4.79 Å². The summed E-state index contributed by atoms with van der Waals surface area (Å²) in [5, 5.41) is 5.70. The van der Waals surface area contributed by atoms with E-state index in [1.807, 2.05) is 0 Å². The molecule has 1 heterocycles. The van der Waals surface area contributed by atoms with E-state index in [2.05, 4.69) is 10.2 Å². The lowest BCUT2D eigenvalue weighted by atomic mass is 10.2. The average molecular weight is 164 g/mol. The van der Waals surface area contributed by atoms with Crippen LogP contribution in [0.25, 0.3) is 0 Å². The molecule has 0 fully saturated rings. The van der Waals surface area contributed by atoms with Gasteiger partial charge in [0.05, 0.1) is 0 Å². The van der Waals surface area contributed by atoms with Crippen molar-refractivity contribution in [2.75, 3.05) is 0 Å². The van der Waals surface area contributed by atoms with Gasteiger partial charge in [0.15, 0.2) is 0 Å². The highest BCUT2D eigenvalue weighted by Crippen LogP contribution is 2.20. The van der Waals surface area contributed by atoms with Crippen LogP contribution in [0, 0.1) is 0 Å². The van der Waals surface area contributed by atoms with E-state index < -0.39 is 17.7 Å². The van der Waals surface area contributed by atoms with Crippen molar-refractivity contribution in [2.45, 2.75) is 13.1 Å². The molecule has 1 aliphatic rings. The molecule has 0 aliphatic carbocycles. The van der Waals surface area contributed by atoms with Gasteiger partial charge in [-0.25, -0.2) is 0 Å². The van der Waals surface area contributed by atoms with Crippen LogP contribution in [0.15, 0.2) is 10.2 Å². The third-order valence-corrected chi connectivity index (χ3v) is 1.11. The van der Waals surface area contributed by atoms with Gasteiger partial charge in [0.25, 0.3) is 0 Å². The van der Waals surface area contributed by atoms with Crippen molar-refractivity contribution in [1.82, 2.24) is 0 Å². The van der Waals surface area contributed by atoms with Gasteiger partial charge < -0.3 is 0 Å². The molecule has 0 spiro atoms. The number of halogens is 3. The number of rotatable bonds is 0. The second kappa shape index (κ2) is 2.14. The van der Waals surface area contributed by atoms with Crippen molar-refractivity contribution < 1.29 is 18.0 Å². The molecule has 60 valence electrons. The fraction of sp³-hybridized carbons (Fsp3) is 0.400. The van der Waals surface area contributed by atoms with Crippen LogP contribution in [-0.4, -0.2) is 23.4 Å². The molecule has 0 saturated heterocycles. The largest absolute Gasteiger partial charge is 0.439 e. The summed E-state index contributed by atoms with van der Waals surface area (Å²) in [6, 6.07) is 0. The molecule has 1 aliphatic heterocycles. The third kappa shape index (κ3) is 1.28. The second-order valence-corrected chi connectivity index (χ2v) is 1.96. The Morgan fingerprint density at radius 3 is 2.00 bits per heavy atom. The Labute approximate surface area is 59.6 Å². The highest BCUT2D eigenvalue weighted by atomic mass is 19.4. The average Bonchev–Trinajstić information content (AvgIpc) is 2.11. The lowest BCUT2D eigenvalue weighted by Gasteiger charge is -2.01. The Morgan fingerprint density at radius 2 is 1.82 bits per heavy atom. The van der Waals surface area contributed by atoms with Crippen molar-refractivity contribution in [3.8, 4) is 0 Å². The lowest BCUT2D eigenvalue weighted by Crippen LogP contribution is -2.31. The van der Waals surface area contributed by atoms with Gasteiger partial charge in [-0.05, 0) is 6.92 Å². The van der Waals surface area contributed by atoms with Crippen LogP contribution in [-0.2, 0) is 4.79 Å². The number of ketones is 1. The van der Waals surface area contributed by atoms with Crippen molar-refractivity contribution in [1.29, 1.82) is 0 Å². The van der Waals surface area contributed by atoms with Gasteiger partial charge >= 0.3 is 6.18 Å². The van der Waals surface area contributed by atoms with Crippen LogP contribution >= 0.6 is 0 Å². The molecule has 0 bridgehead atoms. The first-order valence-corrected chi connectivity index (χ1v) is 2.67. The zero-order valence-corrected chi connectivity index (χ0v) is 5.44. The van der Waals surface area contributed by atoms with E-state index in [9.17, 15) is 18.0 Å². The molecule has 0 atom stereocenters. The van der Waals surface area contributed by atoms with Crippen molar-refractivity contribution in [2.24, 2.45) is 10.2 Å². The SMILES string of the molecule is CC1=NN=C(C(F)(F)F)C1=O. The highest BCUT2D eigenvalue weighted by Gasteiger charge is 2.43. The Bertz CT molecular complexity index is 263. The van der Waals surface area contributed by atoms with E-state index in [-0.39, 0.29) is 5.71 Å². The molecule has 0 amide bonds. The van der Waals surface area contributed by atoms with Gasteiger partial charge in [-0.15, -0.1) is 5.10 Å². The number of carbonyl (C=O) groups is 1. The van der Waals surface area contributed by atoms with E-state index in [1.54, 1.807) is 0 Å². The van der Waals surface area contributed by atoms with E-state index in [0.717, 1.165) is 0 Å². The molecule has 1 rings (SSSR count). The fourth-order valence-corrected chi connectivity index (χ4v) is 0.573. The smallest absolute Gasteiger partial charge is 0.285 e. The molecular weight excluding hydrogens is 161 g/mol. The van der Waals surface area contributed by atoms with Crippen LogP contribution in [0.4, 0.5) is 13.2 Å². The maximum Gasteiger partial charge on any atom is 0.439 e. The summed E-state index contributed by atoms with van der Waals surface area (Å²) in [5.74, 6) is -1.14. The predicted molar refractivity (Wildman–Crippen MR) is 31.6 cm³/mol. The van der Waals surface area contributed by atoms with Gasteiger partial charge in [0, 0.05) is 0 Å². The van der Waals surface area contributed by atoms with Crippen molar-refractivity contribution in [3.63, 3.8) is 0 Å². The monoisotopic (exact) mass is 164 g/mol. The van der Waals surface area contributed by atoms with Crippen LogP contribution in [0.5, 0.6) is 0 Å². The molecule has 0 aromatic heterocycles. The van der Waals surface area contributed by atoms with Crippen LogP contribution in [0.2, 0.25) is 0 Å². The van der Waals surface area contributed by atoms with Gasteiger partial charge in [-0.1, -0.05) is 0 Å². The summed E-state index contributed by atoms with van der Waals surface area (Å²) < 4.78 is 35.3. The second-order valence-electron chi connectivity index (χ2n) is 1.96. The minimum Gasteiger partial charge on any atom is -0.285 e. The standard InChI is InChI=1S/C5H3F3N2O/c1-2-3(11)4(10-9-2)5(6,7)8/h1H3. The molecule has 0 aromatic rings. The van der Waals surface area contributed by atoms with Crippen molar-refractivity contribution in [3.05, 3.63) is 0 Å². The lowest BCUT2D eigenvalue weighted by molar-refractivity contribution is -0.111. The zero-order chi connectivity index (χ0) is 8.65. The normalized spacial score (nSPS) is 18.4. The number of hydrogen-bond donors (Lipinski definition) is 0. The fourth-order valence-electron chi connectivity index (χ4n) is 0.573. The van der Waals surface area contributed by atoms with E-state index in [4.69, 9.17) is 0 Å². The Kier molecular flexibility index (Phi) is 1.54. The number of Topliss-reactive ketones (excluding diaryl/α,β-unsaturated/α-hetero) is 1. The maximum absolute atomic E-state index is 11.8. The summed E-state index contributed by atoms with van der Waals surface area (Å²) in [5.41, 5.74) is -1.66. The van der Waals surface area contributed by atoms with Gasteiger partial charge in [0.2, 0.25) is 11.5 Å². The number of hydrogen-bond acceptors (Lipinski definition) is 3. The number of nitrogens with zero attached hydrogens (tertiary/aromatic N) is 2. The molecule has 0 N–H and O–H groups in total. The first kappa shape index (κ1) is 7.90. The minimum atomic E-state index is -4.68. The van der Waals surface area contributed by atoms with Crippen LogP contribution < -0.4 is 0 Å². The molecule has 0 unspecified atom stereocenters. The Morgan fingerprint density at radius 1 is 1.27 bits per heavy atom. The molecule has 6 heteroatoms. The van der Waals surface area contributed by atoms with E-state index in [0.29, 0.717) is 0 Å². The number of carbonyl (C=O) groups excluding carboxylic acids is 1. The summed E-state index contributed by atoms with van der Waals surface area (Å²) in [6.07, 6.45) is -4.68. The first-order valence-electron chi connectivity index (χ1n) is 2.67. The third-order valence-electron chi connectivity index (χ3n) is 1.11. The van der Waals surface area contributed by atoms with Crippen molar-refractivity contribution >= 4 is 17.2 Å².